The quantitative estimate of drug-likeness (QED) is 0.725. The van der Waals surface area contributed by atoms with E-state index in [4.69, 9.17) is 0 Å². The van der Waals surface area contributed by atoms with Crippen LogP contribution >= 0.6 is 0 Å². The molecular formula is C20H35N5. The van der Waals surface area contributed by atoms with Gasteiger partial charge in [0.2, 0.25) is 0 Å². The second kappa shape index (κ2) is 5.90. The summed E-state index contributed by atoms with van der Waals surface area (Å²) in [6, 6.07) is 1.75. The van der Waals surface area contributed by atoms with Gasteiger partial charge in [0.15, 0.2) is 0 Å². The first kappa shape index (κ1) is 15.8. The number of rotatable bonds is 4. The van der Waals surface area contributed by atoms with Crippen molar-refractivity contribution in [2.45, 2.75) is 18.5 Å². The maximum absolute atomic E-state index is 3.78. The zero-order valence-corrected chi connectivity index (χ0v) is 15.7. The summed E-state index contributed by atoms with van der Waals surface area (Å²) in [7, 11) is 2.29. The van der Waals surface area contributed by atoms with Crippen molar-refractivity contribution in [3.8, 4) is 0 Å². The first-order valence-electron chi connectivity index (χ1n) is 10.9. The summed E-state index contributed by atoms with van der Waals surface area (Å²) in [4.78, 5) is 8.20. The number of nitrogens with one attached hydrogen (secondary N) is 2. The van der Waals surface area contributed by atoms with E-state index in [0.717, 1.165) is 47.6 Å². The maximum Gasteiger partial charge on any atom is 0.0264 e. The minimum atomic E-state index is 0.850. The molecule has 7 atom stereocenters. The van der Waals surface area contributed by atoms with Gasteiger partial charge < -0.3 is 15.5 Å². The lowest BCUT2D eigenvalue weighted by Gasteiger charge is -2.58. The van der Waals surface area contributed by atoms with E-state index >= 15 is 0 Å². The monoisotopic (exact) mass is 345 g/mol. The highest BCUT2D eigenvalue weighted by Crippen LogP contribution is 2.52. The lowest BCUT2D eigenvalue weighted by molar-refractivity contribution is -0.0782. The molecule has 5 heterocycles. The molecule has 0 spiro atoms. The number of hydrogen-bond acceptors (Lipinski definition) is 5. The van der Waals surface area contributed by atoms with Gasteiger partial charge in [-0.25, -0.2) is 0 Å². The molecule has 140 valence electrons. The van der Waals surface area contributed by atoms with Gasteiger partial charge in [-0.15, -0.1) is 0 Å². The molecule has 6 fully saturated rings. The van der Waals surface area contributed by atoms with E-state index in [1.165, 1.54) is 71.9 Å². The maximum atomic E-state index is 3.78. The lowest BCUT2D eigenvalue weighted by Crippen LogP contribution is -2.70. The Morgan fingerprint density at radius 2 is 1.64 bits per heavy atom. The molecule has 0 aromatic heterocycles. The number of likely N-dealkylation sites (tertiary alicyclic amines) is 3. The summed E-state index contributed by atoms with van der Waals surface area (Å²) in [5, 5.41) is 7.35. The highest BCUT2D eigenvalue weighted by molar-refractivity contribution is 5.09. The van der Waals surface area contributed by atoms with Gasteiger partial charge in [0.1, 0.15) is 0 Å². The molecular weight excluding hydrogens is 310 g/mol. The molecule has 0 radical (unpaired) electrons. The number of hydrogen-bond donors (Lipinski definition) is 2. The summed E-state index contributed by atoms with van der Waals surface area (Å²) in [5.41, 5.74) is 0. The molecule has 1 saturated carbocycles. The zero-order chi connectivity index (χ0) is 16.5. The van der Waals surface area contributed by atoms with Gasteiger partial charge in [-0.2, -0.15) is 0 Å². The smallest absolute Gasteiger partial charge is 0.0264 e. The Hall–Kier alpha value is -0.200. The molecule has 0 bridgehead atoms. The zero-order valence-electron chi connectivity index (χ0n) is 15.7. The molecule has 5 saturated heterocycles. The van der Waals surface area contributed by atoms with Crippen LogP contribution in [-0.4, -0.2) is 99.3 Å². The number of fused-ring (bicyclic) bond motifs is 3. The van der Waals surface area contributed by atoms with Gasteiger partial charge in [0.05, 0.1) is 0 Å². The number of nitrogens with zero attached hydrogens (tertiary/aromatic N) is 3. The van der Waals surface area contributed by atoms with Crippen molar-refractivity contribution in [1.29, 1.82) is 0 Å². The second-order valence-electron chi connectivity index (χ2n) is 10.1. The predicted molar refractivity (Wildman–Crippen MR) is 99.5 cm³/mol. The largest absolute Gasteiger partial charge is 0.316 e. The van der Waals surface area contributed by atoms with E-state index in [2.05, 4.69) is 32.4 Å². The van der Waals surface area contributed by atoms with Crippen molar-refractivity contribution >= 4 is 0 Å². The predicted octanol–water partition coefficient (Wildman–Crippen LogP) is -0.392. The highest BCUT2D eigenvalue weighted by atomic mass is 15.3. The van der Waals surface area contributed by atoms with E-state index < -0.39 is 0 Å². The van der Waals surface area contributed by atoms with Crippen molar-refractivity contribution < 1.29 is 0 Å². The average molecular weight is 346 g/mol. The Kier molecular flexibility index (Phi) is 3.73. The molecule has 7 unspecified atom stereocenters. The molecule has 5 aliphatic heterocycles. The van der Waals surface area contributed by atoms with Crippen molar-refractivity contribution in [2.24, 2.45) is 35.5 Å². The third-order valence-electron chi connectivity index (χ3n) is 8.75. The summed E-state index contributed by atoms with van der Waals surface area (Å²) >= 11 is 0. The first-order valence-corrected chi connectivity index (χ1v) is 10.9. The minimum absolute atomic E-state index is 0.850. The van der Waals surface area contributed by atoms with E-state index in [1.807, 2.05) is 0 Å². The van der Waals surface area contributed by atoms with Gasteiger partial charge in [-0.1, -0.05) is 0 Å². The molecule has 5 nitrogen and oxygen atoms in total. The Labute approximate surface area is 152 Å². The van der Waals surface area contributed by atoms with E-state index in [9.17, 15) is 0 Å². The van der Waals surface area contributed by atoms with Crippen LogP contribution in [0.25, 0.3) is 0 Å². The molecule has 0 aromatic rings. The van der Waals surface area contributed by atoms with Gasteiger partial charge in [-0.3, -0.25) is 9.80 Å². The van der Waals surface area contributed by atoms with E-state index in [0.29, 0.717) is 0 Å². The molecule has 0 aromatic carbocycles. The summed E-state index contributed by atoms with van der Waals surface area (Å²) in [5.74, 6) is 5.93. The Morgan fingerprint density at radius 3 is 2.48 bits per heavy atom. The third kappa shape index (κ3) is 2.53. The lowest BCUT2D eigenvalue weighted by atomic mass is 9.73. The normalized spacial score (nSPS) is 52.7. The van der Waals surface area contributed by atoms with Crippen LogP contribution in [0.2, 0.25) is 0 Å². The van der Waals surface area contributed by atoms with Crippen LogP contribution < -0.4 is 10.6 Å². The van der Waals surface area contributed by atoms with Crippen LogP contribution in [0.3, 0.4) is 0 Å². The summed E-state index contributed by atoms with van der Waals surface area (Å²) in [6.07, 6.45) is 1.38. The van der Waals surface area contributed by atoms with E-state index in [-0.39, 0.29) is 0 Å². The van der Waals surface area contributed by atoms with Crippen molar-refractivity contribution in [3.63, 3.8) is 0 Å². The molecule has 25 heavy (non-hydrogen) atoms. The van der Waals surface area contributed by atoms with Gasteiger partial charge in [-0.05, 0) is 62.1 Å². The van der Waals surface area contributed by atoms with Gasteiger partial charge in [0.25, 0.3) is 0 Å². The Bertz CT molecular complexity index is 514. The Balaban J connectivity index is 1.02. The second-order valence-corrected chi connectivity index (χ2v) is 10.1. The Morgan fingerprint density at radius 1 is 0.800 bits per heavy atom. The summed E-state index contributed by atoms with van der Waals surface area (Å²) < 4.78 is 0. The van der Waals surface area contributed by atoms with Crippen LogP contribution in [0.4, 0.5) is 0 Å². The molecule has 5 heteroatoms. The van der Waals surface area contributed by atoms with Crippen LogP contribution in [-0.2, 0) is 0 Å². The fraction of sp³-hybridized carbons (Fsp3) is 1.00. The molecule has 2 N–H and O–H groups in total. The van der Waals surface area contributed by atoms with Crippen molar-refractivity contribution in [1.82, 2.24) is 25.3 Å². The average Bonchev–Trinajstić information content (AvgIpc) is 3.03. The van der Waals surface area contributed by atoms with Crippen LogP contribution in [0, 0.1) is 35.5 Å². The summed E-state index contributed by atoms with van der Waals surface area (Å²) in [6.45, 7) is 13.3. The van der Waals surface area contributed by atoms with E-state index in [1.54, 1.807) is 0 Å². The fourth-order valence-electron chi connectivity index (χ4n) is 7.17. The topological polar surface area (TPSA) is 33.8 Å². The molecule has 1 aliphatic carbocycles. The fourth-order valence-corrected chi connectivity index (χ4v) is 7.17. The van der Waals surface area contributed by atoms with Gasteiger partial charge >= 0.3 is 0 Å². The standard InChI is InChI=1S/C20H35N5/c1-23-9-16-17(10-23)18(16)12-25-11-15-13(4-22-6-20(15)25)7-24-8-14-5-21-3-2-19(14)24/h13-22H,2-12H2,1H3. The van der Waals surface area contributed by atoms with Crippen LogP contribution in [0.1, 0.15) is 6.42 Å². The van der Waals surface area contributed by atoms with Crippen LogP contribution in [0.5, 0.6) is 0 Å². The van der Waals surface area contributed by atoms with Crippen molar-refractivity contribution in [3.05, 3.63) is 0 Å². The van der Waals surface area contributed by atoms with Crippen LogP contribution in [0.15, 0.2) is 0 Å². The minimum Gasteiger partial charge on any atom is -0.316 e. The SMILES string of the molecule is CN1CC2C(C1)C2CN1CC2C(CN3CC4CNCCC43)CNCC21. The molecule has 6 aliphatic rings. The van der Waals surface area contributed by atoms with Gasteiger partial charge in [0, 0.05) is 64.4 Å². The third-order valence-corrected chi connectivity index (χ3v) is 8.75. The first-order chi connectivity index (χ1) is 12.3. The molecule has 0 amide bonds. The number of piperidine rings is 3. The van der Waals surface area contributed by atoms with Crippen molar-refractivity contribution in [2.75, 3.05) is 72.5 Å². The highest BCUT2D eigenvalue weighted by Gasteiger charge is 2.57. The molecule has 6 rings (SSSR count).